The molecule has 0 aromatic carbocycles. The highest BCUT2D eigenvalue weighted by Crippen LogP contribution is 2.36. The van der Waals surface area contributed by atoms with Crippen LogP contribution in [0.5, 0.6) is 0 Å². The van der Waals surface area contributed by atoms with E-state index in [4.69, 9.17) is 14.6 Å². The predicted molar refractivity (Wildman–Crippen MR) is 59.8 cm³/mol. The Morgan fingerprint density at radius 3 is 2.56 bits per heavy atom. The minimum Gasteiger partial charge on any atom is -0.475 e. The van der Waals surface area contributed by atoms with Gasteiger partial charge in [-0.15, -0.1) is 0 Å². The topological polar surface area (TPSA) is 117 Å². The fourth-order valence-corrected chi connectivity index (χ4v) is 3.25. The molecule has 7 nitrogen and oxygen atoms in total. The number of aryl methyl sites for hydroxylation is 1. The molecule has 0 saturated heterocycles. The lowest BCUT2D eigenvalue weighted by Crippen LogP contribution is -2.39. The molecule has 1 aliphatic carbocycles. The number of aliphatic hydroxyl groups is 1. The molecule has 18 heavy (non-hydrogen) atoms. The maximum absolute atomic E-state index is 12.0. The average Bonchev–Trinajstić information content (AvgIpc) is 2.90. The van der Waals surface area contributed by atoms with Crippen LogP contribution in [0.2, 0.25) is 0 Å². The van der Waals surface area contributed by atoms with E-state index < -0.39 is 27.3 Å². The van der Waals surface area contributed by atoms with Crippen molar-refractivity contribution in [2.45, 2.75) is 30.2 Å². The van der Waals surface area contributed by atoms with E-state index in [9.17, 15) is 13.2 Å². The van der Waals surface area contributed by atoms with Gasteiger partial charge in [0.25, 0.3) is 0 Å². The Balaban J connectivity index is 2.33. The summed E-state index contributed by atoms with van der Waals surface area (Å²) in [4.78, 5) is 10.5. The van der Waals surface area contributed by atoms with E-state index in [0.29, 0.717) is 12.8 Å². The van der Waals surface area contributed by atoms with Crippen molar-refractivity contribution in [2.75, 3.05) is 6.61 Å². The molecular formula is C10H13NO6S. The summed E-state index contributed by atoms with van der Waals surface area (Å²) in [5.74, 6) is -1.75. The molecule has 1 fully saturated rings. The Kier molecular flexibility index (Phi) is 2.96. The molecule has 0 spiro atoms. The maximum Gasteiger partial charge on any atom is 0.371 e. The van der Waals surface area contributed by atoms with Crippen molar-refractivity contribution in [3.8, 4) is 0 Å². The fourth-order valence-electron chi connectivity index (χ4n) is 1.62. The van der Waals surface area contributed by atoms with Gasteiger partial charge < -0.3 is 14.6 Å². The van der Waals surface area contributed by atoms with Gasteiger partial charge >= 0.3 is 5.97 Å². The minimum absolute atomic E-state index is 0.00800. The van der Waals surface area contributed by atoms with E-state index in [0.717, 1.165) is 6.07 Å². The second kappa shape index (κ2) is 4.08. The molecule has 0 radical (unpaired) electrons. The van der Waals surface area contributed by atoms with Gasteiger partial charge in [0.2, 0.25) is 15.8 Å². The molecule has 0 bridgehead atoms. The van der Waals surface area contributed by atoms with Crippen molar-refractivity contribution < 1.29 is 27.8 Å². The monoisotopic (exact) mass is 275 g/mol. The number of aliphatic hydroxyl groups excluding tert-OH is 1. The molecular weight excluding hydrogens is 262 g/mol. The van der Waals surface area contributed by atoms with Gasteiger partial charge in [0.05, 0.1) is 12.1 Å². The van der Waals surface area contributed by atoms with Crippen molar-refractivity contribution in [2.24, 2.45) is 0 Å². The predicted octanol–water partition coefficient (Wildman–Crippen LogP) is 0.0894. The fraction of sp³-hybridized carbons (Fsp3) is 0.500. The summed E-state index contributed by atoms with van der Waals surface area (Å²) in [6.07, 6.45) is 1.12. The van der Waals surface area contributed by atoms with Crippen LogP contribution in [-0.2, 0) is 10.0 Å². The Labute approximate surface area is 103 Å². The molecule has 1 aliphatic rings. The Morgan fingerprint density at radius 2 is 2.17 bits per heavy atom. The van der Waals surface area contributed by atoms with Crippen LogP contribution in [0.3, 0.4) is 0 Å². The summed E-state index contributed by atoms with van der Waals surface area (Å²) in [7, 11) is -3.88. The van der Waals surface area contributed by atoms with Crippen molar-refractivity contribution in [1.82, 2.24) is 4.72 Å². The molecule has 1 saturated carbocycles. The van der Waals surface area contributed by atoms with Crippen molar-refractivity contribution in [1.29, 1.82) is 0 Å². The summed E-state index contributed by atoms with van der Waals surface area (Å²) in [5.41, 5.74) is -0.800. The molecule has 1 aromatic heterocycles. The third-order valence-electron chi connectivity index (χ3n) is 2.88. The van der Waals surface area contributed by atoms with Gasteiger partial charge in [0.1, 0.15) is 10.7 Å². The summed E-state index contributed by atoms with van der Waals surface area (Å²) < 4.78 is 31.3. The molecule has 0 amide bonds. The summed E-state index contributed by atoms with van der Waals surface area (Å²) in [5, 5.41) is 17.8. The highest BCUT2D eigenvalue weighted by molar-refractivity contribution is 7.89. The smallest absolute Gasteiger partial charge is 0.371 e. The molecule has 100 valence electrons. The number of carbonyl (C=O) groups is 1. The molecule has 0 aliphatic heterocycles. The highest BCUT2D eigenvalue weighted by Gasteiger charge is 2.46. The van der Waals surface area contributed by atoms with Gasteiger partial charge in [0, 0.05) is 6.07 Å². The molecule has 1 heterocycles. The van der Waals surface area contributed by atoms with Gasteiger partial charge in [-0.1, -0.05) is 0 Å². The van der Waals surface area contributed by atoms with Crippen LogP contribution in [-0.4, -0.2) is 36.7 Å². The number of carboxylic acids is 1. The lowest BCUT2D eigenvalue weighted by Gasteiger charge is -2.13. The van der Waals surface area contributed by atoms with Gasteiger partial charge in [-0.05, 0) is 19.8 Å². The largest absolute Gasteiger partial charge is 0.475 e. The Morgan fingerprint density at radius 1 is 1.56 bits per heavy atom. The number of nitrogens with one attached hydrogen (secondary N) is 1. The van der Waals surface area contributed by atoms with Gasteiger partial charge in [-0.2, -0.15) is 0 Å². The zero-order valence-corrected chi connectivity index (χ0v) is 10.5. The number of hydrogen-bond donors (Lipinski definition) is 3. The van der Waals surface area contributed by atoms with E-state index in [1.54, 1.807) is 0 Å². The molecule has 0 unspecified atom stereocenters. The van der Waals surface area contributed by atoms with E-state index in [1.165, 1.54) is 6.92 Å². The normalized spacial score (nSPS) is 17.7. The Bertz CT molecular complexity index is 584. The van der Waals surface area contributed by atoms with Crippen molar-refractivity contribution in [3.63, 3.8) is 0 Å². The minimum atomic E-state index is -3.88. The standard InChI is InChI=1S/C10H13NO6S/c1-6-8(4-7(17-6)9(13)14)18(15,16)11-10(5-12)2-3-10/h4,11-12H,2-3,5H2,1H3,(H,13,14). The second-order valence-electron chi connectivity index (χ2n) is 4.38. The van der Waals surface area contributed by atoms with E-state index in [-0.39, 0.29) is 17.3 Å². The molecule has 1 aromatic rings. The number of carboxylic acid groups (broad SMARTS) is 1. The van der Waals surface area contributed by atoms with Crippen molar-refractivity contribution in [3.05, 3.63) is 17.6 Å². The molecule has 3 N–H and O–H groups in total. The SMILES string of the molecule is Cc1oc(C(=O)O)cc1S(=O)(=O)NC1(CO)CC1. The third-order valence-corrected chi connectivity index (χ3v) is 4.57. The molecule has 0 atom stereocenters. The molecule has 2 rings (SSSR count). The number of aromatic carboxylic acids is 1. The quantitative estimate of drug-likeness (QED) is 0.701. The number of rotatable bonds is 5. The lowest BCUT2D eigenvalue weighted by molar-refractivity contribution is 0.0661. The summed E-state index contributed by atoms with van der Waals surface area (Å²) in [6, 6.07) is 0.966. The maximum atomic E-state index is 12.0. The third kappa shape index (κ3) is 2.26. The molecule has 8 heteroatoms. The number of furan rings is 1. The van der Waals surface area contributed by atoms with Crippen LogP contribution >= 0.6 is 0 Å². The Hall–Kier alpha value is -1.38. The highest BCUT2D eigenvalue weighted by atomic mass is 32.2. The number of hydrogen-bond acceptors (Lipinski definition) is 5. The second-order valence-corrected chi connectivity index (χ2v) is 6.03. The van der Waals surface area contributed by atoms with Crippen LogP contribution in [0.25, 0.3) is 0 Å². The van der Waals surface area contributed by atoms with E-state index >= 15 is 0 Å². The van der Waals surface area contributed by atoms with Gasteiger partial charge in [-0.25, -0.2) is 17.9 Å². The first kappa shape index (κ1) is 13.1. The average molecular weight is 275 g/mol. The first-order valence-electron chi connectivity index (χ1n) is 5.28. The first-order chi connectivity index (χ1) is 8.30. The summed E-state index contributed by atoms with van der Waals surface area (Å²) in [6.45, 7) is 1.09. The van der Waals surface area contributed by atoms with Crippen LogP contribution in [0.4, 0.5) is 0 Å². The van der Waals surface area contributed by atoms with Crippen molar-refractivity contribution >= 4 is 16.0 Å². The number of sulfonamides is 1. The zero-order chi connectivity index (χ0) is 13.6. The lowest BCUT2D eigenvalue weighted by atomic mass is 10.3. The van der Waals surface area contributed by atoms with Crippen LogP contribution in [0, 0.1) is 6.92 Å². The van der Waals surface area contributed by atoms with Crippen LogP contribution < -0.4 is 4.72 Å². The van der Waals surface area contributed by atoms with Gasteiger partial charge in [0.15, 0.2) is 0 Å². The first-order valence-corrected chi connectivity index (χ1v) is 6.76. The van der Waals surface area contributed by atoms with E-state index in [2.05, 4.69) is 4.72 Å². The zero-order valence-electron chi connectivity index (χ0n) is 9.63. The van der Waals surface area contributed by atoms with Gasteiger partial charge in [-0.3, -0.25) is 0 Å². The van der Waals surface area contributed by atoms with E-state index in [1.807, 2.05) is 0 Å². The summed E-state index contributed by atoms with van der Waals surface area (Å²) >= 11 is 0. The van der Waals surface area contributed by atoms with Crippen LogP contribution in [0.1, 0.15) is 29.2 Å². The van der Waals surface area contributed by atoms with Crippen LogP contribution in [0.15, 0.2) is 15.4 Å².